The molecule has 1 N–H and O–H groups in total. The molecule has 1 saturated heterocycles. The van der Waals surface area contributed by atoms with Gasteiger partial charge in [0.25, 0.3) is 5.91 Å². The first kappa shape index (κ1) is 22.5. The summed E-state index contributed by atoms with van der Waals surface area (Å²) in [5.41, 5.74) is 3.67. The standard InChI is InChI=1S/C24H28ClN3OS2/c1-4-27-11-13-28(14-12-27)22(18-7-9-19(25)10-8-18)21-16(2)17(3)31-24(21)26-23(29)20-6-5-15-30-20/h5-10,15,22H,4,11-14H2,1-3H3,(H,26,29). The van der Waals surface area contributed by atoms with Crippen LogP contribution in [0.5, 0.6) is 0 Å². The number of rotatable bonds is 6. The van der Waals surface area contributed by atoms with Crippen molar-refractivity contribution in [2.24, 2.45) is 0 Å². The van der Waals surface area contributed by atoms with E-state index >= 15 is 0 Å². The molecule has 1 fully saturated rings. The molecule has 1 aromatic carbocycles. The second kappa shape index (κ2) is 9.84. The summed E-state index contributed by atoms with van der Waals surface area (Å²) < 4.78 is 0. The van der Waals surface area contributed by atoms with Gasteiger partial charge in [-0.25, -0.2) is 0 Å². The number of likely N-dealkylation sites (N-methyl/N-ethyl adjacent to an activating group) is 1. The monoisotopic (exact) mass is 473 g/mol. The molecular weight excluding hydrogens is 446 g/mol. The molecule has 0 bridgehead atoms. The van der Waals surface area contributed by atoms with Gasteiger partial charge in [0.2, 0.25) is 0 Å². The largest absolute Gasteiger partial charge is 0.313 e. The second-order valence-electron chi connectivity index (χ2n) is 7.88. The Morgan fingerprint density at radius 1 is 1.13 bits per heavy atom. The lowest BCUT2D eigenvalue weighted by Gasteiger charge is -2.39. The molecule has 4 rings (SSSR count). The van der Waals surface area contributed by atoms with E-state index in [4.69, 9.17) is 11.6 Å². The van der Waals surface area contributed by atoms with Gasteiger partial charge in [0, 0.05) is 41.6 Å². The van der Waals surface area contributed by atoms with Crippen molar-refractivity contribution in [2.45, 2.75) is 26.8 Å². The number of halogens is 1. The van der Waals surface area contributed by atoms with E-state index in [1.807, 2.05) is 29.6 Å². The van der Waals surface area contributed by atoms with Gasteiger partial charge >= 0.3 is 0 Å². The van der Waals surface area contributed by atoms with E-state index in [0.717, 1.165) is 47.6 Å². The second-order valence-corrected chi connectivity index (χ2v) is 10.5. The number of thiophene rings is 2. The van der Waals surface area contributed by atoms with Crippen LogP contribution < -0.4 is 5.32 Å². The van der Waals surface area contributed by atoms with Crippen LogP contribution in [0, 0.1) is 13.8 Å². The number of hydrogen-bond acceptors (Lipinski definition) is 5. The Kier molecular flexibility index (Phi) is 7.14. The zero-order chi connectivity index (χ0) is 22.0. The summed E-state index contributed by atoms with van der Waals surface area (Å²) in [6, 6.07) is 12.0. The Hall–Kier alpha value is -1.70. The number of nitrogens with one attached hydrogen (secondary N) is 1. The maximum Gasteiger partial charge on any atom is 0.266 e. The van der Waals surface area contributed by atoms with Crippen LogP contribution in [0.1, 0.15) is 44.2 Å². The number of amides is 1. The molecule has 2 aromatic heterocycles. The van der Waals surface area contributed by atoms with Crippen LogP contribution in [0.15, 0.2) is 41.8 Å². The molecule has 7 heteroatoms. The Labute approximate surface area is 197 Å². The molecule has 1 atom stereocenters. The fourth-order valence-corrected chi connectivity index (χ4v) is 6.01. The number of piperazine rings is 1. The number of aryl methyl sites for hydroxylation is 1. The summed E-state index contributed by atoms with van der Waals surface area (Å²) in [4.78, 5) is 19.9. The Morgan fingerprint density at radius 3 is 2.45 bits per heavy atom. The quantitative estimate of drug-likeness (QED) is 0.472. The van der Waals surface area contributed by atoms with Gasteiger partial charge in [0.05, 0.1) is 10.9 Å². The smallest absolute Gasteiger partial charge is 0.266 e. The lowest BCUT2D eigenvalue weighted by molar-refractivity contribution is 0.102. The minimum Gasteiger partial charge on any atom is -0.313 e. The number of carbonyl (C=O) groups excluding carboxylic acids is 1. The third-order valence-electron chi connectivity index (χ3n) is 6.08. The minimum atomic E-state index is -0.0387. The summed E-state index contributed by atoms with van der Waals surface area (Å²) in [5.74, 6) is -0.0387. The van der Waals surface area contributed by atoms with Gasteiger partial charge in [-0.3, -0.25) is 9.69 Å². The van der Waals surface area contributed by atoms with Crippen molar-refractivity contribution in [3.63, 3.8) is 0 Å². The van der Waals surface area contributed by atoms with Gasteiger partial charge in [-0.2, -0.15) is 0 Å². The van der Waals surface area contributed by atoms with Crippen molar-refractivity contribution in [3.05, 3.63) is 73.2 Å². The van der Waals surface area contributed by atoms with Crippen molar-refractivity contribution in [2.75, 3.05) is 38.0 Å². The van der Waals surface area contributed by atoms with Crippen molar-refractivity contribution in [3.8, 4) is 0 Å². The fraction of sp³-hybridized carbons (Fsp3) is 0.375. The van der Waals surface area contributed by atoms with E-state index < -0.39 is 0 Å². The SMILES string of the molecule is CCN1CCN(C(c2ccc(Cl)cc2)c2c(NC(=O)c3cccs3)sc(C)c2C)CC1. The third-order valence-corrected chi connectivity index (χ3v) is 8.34. The van der Waals surface area contributed by atoms with Crippen LogP contribution in [0.4, 0.5) is 5.00 Å². The van der Waals surface area contributed by atoms with E-state index in [1.165, 1.54) is 32.9 Å². The van der Waals surface area contributed by atoms with E-state index in [9.17, 15) is 4.79 Å². The highest BCUT2D eigenvalue weighted by Crippen LogP contribution is 2.43. The van der Waals surface area contributed by atoms with Crippen LogP contribution in [0.2, 0.25) is 5.02 Å². The van der Waals surface area contributed by atoms with E-state index in [1.54, 1.807) is 11.3 Å². The molecular formula is C24H28ClN3OS2. The van der Waals surface area contributed by atoms with Crippen LogP contribution in [0.25, 0.3) is 0 Å². The lowest BCUT2D eigenvalue weighted by atomic mass is 9.94. The number of hydrogen-bond donors (Lipinski definition) is 1. The molecule has 164 valence electrons. The molecule has 1 aliphatic rings. The molecule has 3 aromatic rings. The summed E-state index contributed by atoms with van der Waals surface area (Å²) in [5, 5.41) is 6.85. The van der Waals surface area contributed by atoms with Gasteiger partial charge in [0.1, 0.15) is 5.00 Å². The normalized spacial score (nSPS) is 16.4. The van der Waals surface area contributed by atoms with Crippen LogP contribution in [-0.2, 0) is 0 Å². The van der Waals surface area contributed by atoms with Gasteiger partial charge in [-0.05, 0) is 55.1 Å². The average molecular weight is 474 g/mol. The Bertz CT molecular complexity index is 1020. The molecule has 3 heterocycles. The van der Waals surface area contributed by atoms with E-state index in [0.29, 0.717) is 0 Å². The Balaban J connectivity index is 1.74. The maximum atomic E-state index is 12.9. The molecule has 1 aliphatic heterocycles. The zero-order valence-corrected chi connectivity index (χ0v) is 20.5. The van der Waals surface area contributed by atoms with E-state index in [2.05, 4.69) is 48.0 Å². The molecule has 0 aliphatic carbocycles. The molecule has 4 nitrogen and oxygen atoms in total. The van der Waals surface area contributed by atoms with Gasteiger partial charge in [-0.15, -0.1) is 22.7 Å². The van der Waals surface area contributed by atoms with E-state index in [-0.39, 0.29) is 11.9 Å². The first-order chi connectivity index (χ1) is 15.0. The summed E-state index contributed by atoms with van der Waals surface area (Å²) in [6.07, 6.45) is 0. The van der Waals surface area contributed by atoms with Crippen LogP contribution >= 0.6 is 34.3 Å². The first-order valence-electron chi connectivity index (χ1n) is 10.6. The summed E-state index contributed by atoms with van der Waals surface area (Å²) >= 11 is 9.34. The third kappa shape index (κ3) is 4.89. The van der Waals surface area contributed by atoms with Crippen molar-refractivity contribution in [1.29, 1.82) is 0 Å². The van der Waals surface area contributed by atoms with Crippen LogP contribution in [-0.4, -0.2) is 48.4 Å². The highest BCUT2D eigenvalue weighted by atomic mass is 35.5. The number of anilines is 1. The molecule has 0 spiro atoms. The zero-order valence-electron chi connectivity index (χ0n) is 18.2. The molecule has 0 radical (unpaired) electrons. The topological polar surface area (TPSA) is 35.6 Å². The Morgan fingerprint density at radius 2 is 1.84 bits per heavy atom. The fourth-order valence-electron chi connectivity index (χ4n) is 4.18. The molecule has 1 unspecified atom stereocenters. The highest BCUT2D eigenvalue weighted by molar-refractivity contribution is 7.17. The number of nitrogens with zero attached hydrogens (tertiary/aromatic N) is 2. The number of carbonyl (C=O) groups is 1. The average Bonchev–Trinajstić information content (AvgIpc) is 3.40. The molecule has 31 heavy (non-hydrogen) atoms. The van der Waals surface area contributed by atoms with Crippen molar-refractivity contribution in [1.82, 2.24) is 9.80 Å². The van der Waals surface area contributed by atoms with Crippen molar-refractivity contribution < 1.29 is 4.79 Å². The predicted octanol–water partition coefficient (Wildman–Crippen LogP) is 6.06. The van der Waals surface area contributed by atoms with Crippen molar-refractivity contribution >= 4 is 45.2 Å². The van der Waals surface area contributed by atoms with Crippen LogP contribution in [0.3, 0.4) is 0 Å². The minimum absolute atomic E-state index is 0.0387. The summed E-state index contributed by atoms with van der Waals surface area (Å²) in [6.45, 7) is 11.7. The first-order valence-corrected chi connectivity index (χ1v) is 12.7. The molecule has 0 saturated carbocycles. The summed E-state index contributed by atoms with van der Waals surface area (Å²) in [7, 11) is 0. The maximum absolute atomic E-state index is 12.9. The van der Waals surface area contributed by atoms with Gasteiger partial charge < -0.3 is 10.2 Å². The molecule has 1 amide bonds. The predicted molar refractivity (Wildman–Crippen MR) is 133 cm³/mol. The van der Waals surface area contributed by atoms with Gasteiger partial charge in [-0.1, -0.05) is 36.7 Å². The van der Waals surface area contributed by atoms with Gasteiger partial charge in [0.15, 0.2) is 0 Å². The number of benzene rings is 1. The highest BCUT2D eigenvalue weighted by Gasteiger charge is 2.31. The lowest BCUT2D eigenvalue weighted by Crippen LogP contribution is -2.47.